The van der Waals surface area contributed by atoms with E-state index in [0.717, 1.165) is 12.8 Å². The van der Waals surface area contributed by atoms with E-state index in [-0.39, 0.29) is 35.7 Å². The largest absolute Gasteiger partial charge is 0.444 e. The second-order valence-electron chi connectivity index (χ2n) is 7.63. The van der Waals surface area contributed by atoms with Crippen molar-refractivity contribution in [1.29, 1.82) is 0 Å². The molecule has 0 saturated carbocycles. The molecule has 0 atom stereocenters. The van der Waals surface area contributed by atoms with Gasteiger partial charge in [0.2, 0.25) is 0 Å². The van der Waals surface area contributed by atoms with Gasteiger partial charge in [-0.05, 0) is 20.8 Å². The van der Waals surface area contributed by atoms with Gasteiger partial charge in [0.05, 0.1) is 12.1 Å². The molecule has 2 fully saturated rings. The summed E-state index contributed by atoms with van der Waals surface area (Å²) in [7, 11) is 1.72. The second kappa shape index (κ2) is 9.93. The predicted octanol–water partition coefficient (Wildman–Crippen LogP) is 1.67. The monoisotopic (exact) mass is 484 g/mol. The first-order valence-corrected chi connectivity index (χ1v) is 8.90. The lowest BCUT2D eigenvalue weighted by atomic mass is 9.94. The van der Waals surface area contributed by atoms with E-state index in [1.54, 1.807) is 12.0 Å². The Morgan fingerprint density at radius 1 is 1.15 bits per heavy atom. The van der Waals surface area contributed by atoms with Crippen LogP contribution in [0.5, 0.6) is 0 Å². The zero-order valence-corrected chi connectivity index (χ0v) is 18.7. The Morgan fingerprint density at radius 2 is 1.69 bits per heavy atom. The highest BCUT2D eigenvalue weighted by molar-refractivity contribution is 14.0. The number of amides is 1. The summed E-state index contributed by atoms with van der Waals surface area (Å²) in [4.78, 5) is 20.4. The number of halogens is 1. The molecule has 2 rings (SSSR count). The maximum absolute atomic E-state index is 12.1. The normalized spacial score (nSPS) is 21.2. The molecular weight excluding hydrogens is 451 g/mol. The Labute approximate surface area is 173 Å². The maximum atomic E-state index is 12.1. The molecular formula is C17H33IN4O4. The number of ether oxygens (including phenoxy) is 3. The number of methoxy groups -OCH3 is 1. The molecule has 2 N–H and O–H groups in total. The highest BCUT2D eigenvalue weighted by Gasteiger charge is 2.33. The number of rotatable bonds is 3. The first kappa shape index (κ1) is 23.2. The molecule has 2 aliphatic rings. The first-order chi connectivity index (χ1) is 11.7. The minimum Gasteiger partial charge on any atom is -0.444 e. The zero-order chi connectivity index (χ0) is 18.5. The van der Waals surface area contributed by atoms with Crippen LogP contribution < -0.4 is 5.73 Å². The van der Waals surface area contributed by atoms with Crippen molar-refractivity contribution in [1.82, 2.24) is 9.80 Å². The van der Waals surface area contributed by atoms with Gasteiger partial charge in [-0.1, -0.05) is 0 Å². The summed E-state index contributed by atoms with van der Waals surface area (Å²) in [6.45, 7) is 9.98. The molecule has 0 aromatic heterocycles. The van der Waals surface area contributed by atoms with Gasteiger partial charge in [0.15, 0.2) is 5.96 Å². The molecule has 2 aliphatic heterocycles. The van der Waals surface area contributed by atoms with Gasteiger partial charge in [-0.2, -0.15) is 0 Å². The van der Waals surface area contributed by atoms with Crippen molar-refractivity contribution in [3.8, 4) is 0 Å². The molecule has 0 aromatic carbocycles. The SMILES string of the molecule is COC1(CN=C(N)N2CCN(C(=O)OC(C)(C)C)CC2)CCOCC1.I. The van der Waals surface area contributed by atoms with E-state index in [4.69, 9.17) is 19.9 Å². The van der Waals surface area contributed by atoms with Crippen LogP contribution in [0.4, 0.5) is 4.79 Å². The number of nitrogens with two attached hydrogens (primary N) is 1. The van der Waals surface area contributed by atoms with E-state index in [1.807, 2.05) is 25.7 Å². The summed E-state index contributed by atoms with van der Waals surface area (Å²) < 4.78 is 16.5. The molecule has 0 aromatic rings. The van der Waals surface area contributed by atoms with Gasteiger partial charge in [0.25, 0.3) is 0 Å². The minimum absolute atomic E-state index is 0. The van der Waals surface area contributed by atoms with Crippen LogP contribution in [0, 0.1) is 0 Å². The van der Waals surface area contributed by atoms with Crippen LogP contribution in [0.1, 0.15) is 33.6 Å². The van der Waals surface area contributed by atoms with E-state index >= 15 is 0 Å². The number of aliphatic imine (C=N–C) groups is 1. The Balaban J connectivity index is 0.00000338. The molecule has 8 nitrogen and oxygen atoms in total. The van der Waals surface area contributed by atoms with Crippen LogP contribution in [0.3, 0.4) is 0 Å². The average Bonchev–Trinajstić information content (AvgIpc) is 2.59. The summed E-state index contributed by atoms with van der Waals surface area (Å²) in [5.74, 6) is 0.506. The van der Waals surface area contributed by atoms with Crippen molar-refractivity contribution in [3.05, 3.63) is 0 Å². The molecule has 0 radical (unpaired) electrons. The number of piperazine rings is 1. The standard InChI is InChI=1S/C17H32N4O4.HI/c1-16(2,3)25-15(22)21-9-7-20(8-10-21)14(18)19-13-17(23-4)5-11-24-12-6-17;/h5-13H2,1-4H3,(H2,18,19);1H. The molecule has 0 aliphatic carbocycles. The van der Waals surface area contributed by atoms with Crippen LogP contribution in [-0.4, -0.2) is 86.1 Å². The number of carbonyl (C=O) groups excluding carboxylic acids is 1. The Morgan fingerprint density at radius 3 is 2.19 bits per heavy atom. The fourth-order valence-corrected chi connectivity index (χ4v) is 2.94. The molecule has 9 heteroatoms. The Hall–Kier alpha value is -0.810. The Kier molecular flexibility index (Phi) is 8.87. The van der Waals surface area contributed by atoms with Crippen LogP contribution in [0.2, 0.25) is 0 Å². The molecule has 0 bridgehead atoms. The topological polar surface area (TPSA) is 89.6 Å². The van der Waals surface area contributed by atoms with Gasteiger partial charge in [-0.15, -0.1) is 24.0 Å². The molecule has 2 heterocycles. The second-order valence-corrected chi connectivity index (χ2v) is 7.63. The molecule has 1 amide bonds. The number of carbonyl (C=O) groups is 1. The fraction of sp³-hybridized carbons (Fsp3) is 0.882. The molecule has 2 saturated heterocycles. The minimum atomic E-state index is -0.479. The number of guanidine groups is 1. The van der Waals surface area contributed by atoms with E-state index in [0.29, 0.717) is 51.9 Å². The van der Waals surface area contributed by atoms with Crippen molar-refractivity contribution in [2.75, 3.05) is 53.0 Å². The van der Waals surface area contributed by atoms with E-state index in [2.05, 4.69) is 4.99 Å². The van der Waals surface area contributed by atoms with Gasteiger partial charge in [-0.25, -0.2) is 4.79 Å². The van der Waals surface area contributed by atoms with E-state index < -0.39 is 5.60 Å². The summed E-state index contributed by atoms with van der Waals surface area (Å²) in [5.41, 5.74) is 5.40. The Bertz CT molecular complexity index is 482. The zero-order valence-electron chi connectivity index (χ0n) is 16.3. The molecule has 26 heavy (non-hydrogen) atoms. The van der Waals surface area contributed by atoms with Crippen molar-refractivity contribution >= 4 is 36.0 Å². The van der Waals surface area contributed by atoms with E-state index in [9.17, 15) is 4.79 Å². The average molecular weight is 484 g/mol. The maximum Gasteiger partial charge on any atom is 0.410 e. The summed E-state index contributed by atoms with van der Waals surface area (Å²) >= 11 is 0. The van der Waals surface area contributed by atoms with Crippen molar-refractivity contribution < 1.29 is 19.0 Å². The van der Waals surface area contributed by atoms with E-state index in [1.165, 1.54) is 0 Å². The third kappa shape index (κ3) is 6.73. The number of hydrogen-bond acceptors (Lipinski definition) is 5. The summed E-state index contributed by atoms with van der Waals surface area (Å²) in [6.07, 6.45) is 1.38. The van der Waals surface area contributed by atoms with Gasteiger partial charge in [0.1, 0.15) is 5.60 Å². The van der Waals surface area contributed by atoms with Crippen molar-refractivity contribution in [3.63, 3.8) is 0 Å². The third-order valence-corrected chi connectivity index (χ3v) is 4.62. The van der Waals surface area contributed by atoms with Crippen molar-refractivity contribution in [2.45, 2.75) is 44.8 Å². The quantitative estimate of drug-likeness (QED) is 0.373. The van der Waals surface area contributed by atoms with Crippen LogP contribution in [0.25, 0.3) is 0 Å². The molecule has 0 unspecified atom stereocenters. The lowest BCUT2D eigenvalue weighted by Crippen LogP contribution is -2.53. The highest BCUT2D eigenvalue weighted by Crippen LogP contribution is 2.24. The van der Waals surface area contributed by atoms with Gasteiger partial charge in [0, 0.05) is 59.3 Å². The fourth-order valence-electron chi connectivity index (χ4n) is 2.94. The van der Waals surface area contributed by atoms with Crippen LogP contribution >= 0.6 is 24.0 Å². The third-order valence-electron chi connectivity index (χ3n) is 4.62. The van der Waals surface area contributed by atoms with Gasteiger partial charge >= 0.3 is 6.09 Å². The van der Waals surface area contributed by atoms with Gasteiger partial charge in [-0.3, -0.25) is 4.99 Å². The lowest BCUT2D eigenvalue weighted by Gasteiger charge is -2.37. The number of nitrogens with zero attached hydrogens (tertiary/aromatic N) is 3. The number of hydrogen-bond donors (Lipinski definition) is 1. The lowest BCUT2D eigenvalue weighted by molar-refractivity contribution is -0.0829. The van der Waals surface area contributed by atoms with Gasteiger partial charge < -0.3 is 29.7 Å². The summed E-state index contributed by atoms with van der Waals surface area (Å²) in [5, 5.41) is 0. The summed E-state index contributed by atoms with van der Waals surface area (Å²) in [6, 6.07) is 0. The molecule has 152 valence electrons. The van der Waals surface area contributed by atoms with Crippen molar-refractivity contribution in [2.24, 2.45) is 10.7 Å². The highest BCUT2D eigenvalue weighted by atomic mass is 127. The smallest absolute Gasteiger partial charge is 0.410 e. The van der Waals surface area contributed by atoms with Crippen LogP contribution in [0.15, 0.2) is 4.99 Å². The first-order valence-electron chi connectivity index (χ1n) is 8.90. The predicted molar refractivity (Wildman–Crippen MR) is 111 cm³/mol. The van der Waals surface area contributed by atoms with Crippen LogP contribution in [-0.2, 0) is 14.2 Å². The molecule has 0 spiro atoms.